The van der Waals surface area contributed by atoms with Crippen molar-refractivity contribution in [1.29, 1.82) is 0 Å². The monoisotopic (exact) mass is 314 g/mol. The van der Waals surface area contributed by atoms with E-state index >= 15 is 0 Å². The molecule has 0 bridgehead atoms. The largest absolute Gasteiger partial charge is 0.597 e. The van der Waals surface area contributed by atoms with Crippen molar-refractivity contribution in [3.63, 3.8) is 0 Å². The standard InChI is InChI=1S/C17H19N3O3/c1-17(2,3)23-16(22)20-8-4-5-14(20)15-18-12-7-6-11(10-21)9-13(12)19-15/h6-7,9-10H,4-5,8H2,1-3H3/p+1. The maximum Gasteiger partial charge on any atom is 0.597 e. The number of amides is 1. The molecule has 0 spiro atoms. The fourth-order valence-electron chi connectivity index (χ4n) is 2.68. The maximum absolute atomic E-state index is 12.4. The number of aromatic nitrogens is 2. The van der Waals surface area contributed by atoms with Gasteiger partial charge in [0.25, 0.3) is 0 Å². The fourth-order valence-corrected chi connectivity index (χ4v) is 2.68. The molecule has 1 amide bonds. The Bertz CT molecular complexity index is 812. The molecule has 0 aliphatic carbocycles. The highest BCUT2D eigenvalue weighted by molar-refractivity contribution is 5.99. The number of carbonyl (C=O) groups excluding carboxylic acids is 2. The van der Waals surface area contributed by atoms with Crippen LogP contribution in [0.2, 0.25) is 0 Å². The average molecular weight is 314 g/mol. The molecule has 0 radical (unpaired) electrons. The molecule has 0 fully saturated rings. The molecular formula is C17H20N3O3+. The highest BCUT2D eigenvalue weighted by atomic mass is 16.6. The van der Waals surface area contributed by atoms with Gasteiger partial charge in [-0.1, -0.05) is 0 Å². The van der Waals surface area contributed by atoms with Gasteiger partial charge in [-0.25, -0.2) is 4.98 Å². The number of aromatic amines is 1. The normalized spacial score (nSPS) is 15.3. The van der Waals surface area contributed by atoms with Crippen LogP contribution in [-0.4, -0.2) is 44.8 Å². The van der Waals surface area contributed by atoms with Crippen molar-refractivity contribution < 1.29 is 18.9 Å². The van der Waals surface area contributed by atoms with Gasteiger partial charge in [0.1, 0.15) is 11.9 Å². The molecular weight excluding hydrogens is 294 g/mol. The second kappa shape index (κ2) is 5.61. The summed E-state index contributed by atoms with van der Waals surface area (Å²) in [6.07, 6.45) is 2.10. The molecule has 6 nitrogen and oxygen atoms in total. The first-order chi connectivity index (χ1) is 10.9. The van der Waals surface area contributed by atoms with Crippen molar-refractivity contribution >= 4 is 29.1 Å². The summed E-state index contributed by atoms with van der Waals surface area (Å²) in [5.41, 5.74) is 2.45. The predicted molar refractivity (Wildman–Crippen MR) is 86.2 cm³/mol. The van der Waals surface area contributed by atoms with E-state index < -0.39 is 5.60 Å². The minimum atomic E-state index is -0.530. The first-order valence-corrected chi connectivity index (χ1v) is 7.69. The van der Waals surface area contributed by atoms with Crippen molar-refractivity contribution in [2.24, 2.45) is 0 Å². The lowest BCUT2D eigenvalue weighted by Crippen LogP contribution is -2.32. The smallest absolute Gasteiger partial charge is 0.406 e. The summed E-state index contributed by atoms with van der Waals surface area (Å²) in [6.45, 7) is 6.18. The van der Waals surface area contributed by atoms with Crippen LogP contribution in [-0.2, 0) is 4.74 Å². The van der Waals surface area contributed by atoms with Gasteiger partial charge in [0.15, 0.2) is 12.4 Å². The molecule has 1 aliphatic heterocycles. The number of rotatable bonds is 2. The van der Waals surface area contributed by atoms with Gasteiger partial charge >= 0.3 is 6.09 Å². The average Bonchev–Trinajstić information content (AvgIpc) is 3.10. The van der Waals surface area contributed by atoms with Crippen LogP contribution in [0.5, 0.6) is 0 Å². The number of fused-ring (bicyclic) bond motifs is 1. The molecule has 2 aromatic rings. The summed E-state index contributed by atoms with van der Waals surface area (Å²) in [5, 5.41) is 0. The molecule has 23 heavy (non-hydrogen) atoms. The molecule has 1 aromatic heterocycles. The van der Waals surface area contributed by atoms with Crippen LogP contribution < -0.4 is 0 Å². The first-order valence-electron chi connectivity index (χ1n) is 7.69. The molecule has 2 heterocycles. The molecule has 1 aliphatic rings. The van der Waals surface area contributed by atoms with E-state index in [1.54, 1.807) is 22.8 Å². The third kappa shape index (κ3) is 3.16. The quantitative estimate of drug-likeness (QED) is 0.683. The van der Waals surface area contributed by atoms with E-state index in [2.05, 4.69) is 9.97 Å². The fraction of sp³-hybridized carbons (Fsp3) is 0.412. The molecule has 1 N–H and O–H groups in total. The predicted octanol–water partition coefficient (Wildman–Crippen LogP) is 2.91. The van der Waals surface area contributed by atoms with Gasteiger partial charge in [-0.2, -0.15) is 4.79 Å². The summed E-state index contributed by atoms with van der Waals surface area (Å²) in [6, 6.07) is 5.28. The summed E-state index contributed by atoms with van der Waals surface area (Å²) in [4.78, 5) is 31.0. The molecule has 3 rings (SSSR count). The maximum atomic E-state index is 12.4. The van der Waals surface area contributed by atoms with Gasteiger partial charge in [-0.15, -0.1) is 4.58 Å². The lowest BCUT2D eigenvalue weighted by atomic mass is 10.2. The molecule has 0 atom stereocenters. The van der Waals surface area contributed by atoms with Crippen LogP contribution in [0.15, 0.2) is 18.2 Å². The third-order valence-corrected chi connectivity index (χ3v) is 3.65. The number of aldehydes is 1. The number of carbonyl (C=O) groups is 2. The number of ether oxygens (including phenoxy) is 1. The SMILES string of the molecule is CC(C)(C)OC(=O)[N+]1=C(c2nc3ccc(C=O)cc3[nH]2)CCC1. The highest BCUT2D eigenvalue weighted by Gasteiger charge is 2.35. The first kappa shape index (κ1) is 15.4. The zero-order chi connectivity index (χ0) is 16.6. The van der Waals surface area contributed by atoms with E-state index in [0.29, 0.717) is 17.9 Å². The van der Waals surface area contributed by atoms with Crippen LogP contribution in [0.3, 0.4) is 0 Å². The van der Waals surface area contributed by atoms with E-state index in [1.807, 2.05) is 20.8 Å². The molecule has 6 heteroatoms. The van der Waals surface area contributed by atoms with Crippen molar-refractivity contribution in [3.8, 4) is 0 Å². The van der Waals surface area contributed by atoms with Crippen molar-refractivity contribution in [3.05, 3.63) is 29.6 Å². The number of benzene rings is 1. The Balaban J connectivity index is 2.00. The Kier molecular flexibility index (Phi) is 3.75. The second-order valence-electron chi connectivity index (χ2n) is 6.66. The summed E-state index contributed by atoms with van der Waals surface area (Å²) in [5.74, 6) is 0.659. The number of H-pyrrole nitrogens is 1. The van der Waals surface area contributed by atoms with Gasteiger partial charge in [-0.05, 0) is 39.0 Å². The molecule has 0 saturated heterocycles. The number of hydrogen-bond donors (Lipinski definition) is 1. The van der Waals surface area contributed by atoms with Crippen molar-refractivity contribution in [2.45, 2.75) is 39.2 Å². The van der Waals surface area contributed by atoms with Crippen LogP contribution in [0, 0.1) is 0 Å². The Labute approximate surface area is 134 Å². The van der Waals surface area contributed by atoms with Crippen LogP contribution in [0.25, 0.3) is 11.0 Å². The van der Waals surface area contributed by atoms with E-state index in [1.165, 1.54) is 0 Å². The van der Waals surface area contributed by atoms with E-state index in [-0.39, 0.29) is 6.09 Å². The second-order valence-corrected chi connectivity index (χ2v) is 6.66. The van der Waals surface area contributed by atoms with Gasteiger partial charge in [-0.3, -0.25) is 4.79 Å². The number of imidazole rings is 1. The zero-order valence-corrected chi connectivity index (χ0v) is 13.5. The highest BCUT2D eigenvalue weighted by Crippen LogP contribution is 2.18. The van der Waals surface area contributed by atoms with E-state index in [9.17, 15) is 9.59 Å². The van der Waals surface area contributed by atoms with Gasteiger partial charge < -0.3 is 9.72 Å². The van der Waals surface area contributed by atoms with Gasteiger partial charge in [0.05, 0.1) is 11.0 Å². The minimum absolute atomic E-state index is 0.348. The van der Waals surface area contributed by atoms with Crippen LogP contribution in [0.1, 0.15) is 49.8 Å². The zero-order valence-electron chi connectivity index (χ0n) is 13.5. The minimum Gasteiger partial charge on any atom is -0.406 e. The third-order valence-electron chi connectivity index (χ3n) is 3.65. The summed E-state index contributed by atoms with van der Waals surface area (Å²) in [7, 11) is 0. The Hall–Kier alpha value is -2.50. The van der Waals surface area contributed by atoms with Crippen molar-refractivity contribution in [2.75, 3.05) is 6.54 Å². The van der Waals surface area contributed by atoms with Gasteiger partial charge in [0, 0.05) is 18.4 Å². The summed E-state index contributed by atoms with van der Waals surface area (Å²) >= 11 is 0. The van der Waals surface area contributed by atoms with Gasteiger partial charge in [0.2, 0.25) is 5.71 Å². The number of hydrogen-bond acceptors (Lipinski definition) is 4. The number of nitrogens with one attached hydrogen (secondary N) is 1. The van der Waals surface area contributed by atoms with Crippen molar-refractivity contribution in [1.82, 2.24) is 9.97 Å². The lowest BCUT2D eigenvalue weighted by Gasteiger charge is -2.16. The molecule has 0 unspecified atom stereocenters. The number of nitrogens with zero attached hydrogens (tertiary/aromatic N) is 2. The van der Waals surface area contributed by atoms with Crippen LogP contribution in [0.4, 0.5) is 4.79 Å². The molecule has 1 aromatic carbocycles. The Morgan fingerprint density at radius 2 is 2.17 bits per heavy atom. The van der Waals surface area contributed by atoms with E-state index in [4.69, 9.17) is 4.74 Å². The topological polar surface area (TPSA) is 75.1 Å². The Morgan fingerprint density at radius 3 is 2.87 bits per heavy atom. The molecule has 0 saturated carbocycles. The van der Waals surface area contributed by atoms with Crippen LogP contribution >= 0.6 is 0 Å². The lowest BCUT2D eigenvalue weighted by molar-refractivity contribution is -0.442. The molecule has 120 valence electrons. The van der Waals surface area contributed by atoms with E-state index in [0.717, 1.165) is 35.9 Å². The Morgan fingerprint density at radius 1 is 1.39 bits per heavy atom. The summed E-state index contributed by atoms with van der Waals surface area (Å²) < 4.78 is 7.10.